The molecule has 0 radical (unpaired) electrons. The molecule has 1 aliphatic carbocycles. The molecule has 0 bridgehead atoms. The summed E-state index contributed by atoms with van der Waals surface area (Å²) in [6.07, 6.45) is 0. The number of nitrogens with one attached hydrogen (secondary N) is 2. The van der Waals surface area contributed by atoms with Crippen molar-refractivity contribution in [2.45, 2.75) is 10.3 Å². The summed E-state index contributed by atoms with van der Waals surface area (Å²) < 4.78 is 26.0. The van der Waals surface area contributed by atoms with Crippen LogP contribution in [0.4, 0.5) is 25.8 Å². The number of carbonyl (C=O) groups excluding carboxylic acids is 2. The van der Waals surface area contributed by atoms with Crippen LogP contribution in [0.25, 0.3) is 0 Å². The SMILES string of the molecule is Nc1c(F)cc(NC(=O)c2cc(NC(=O)[C@H]3C(c4cc(Cl)c(Cl)c(Cl)c4)C3(Cl)Cl)ccc2Cl)cc1F. The van der Waals surface area contributed by atoms with Crippen LogP contribution in [-0.2, 0) is 4.79 Å². The van der Waals surface area contributed by atoms with Crippen LogP contribution in [0, 0.1) is 17.6 Å². The molecule has 1 saturated carbocycles. The van der Waals surface area contributed by atoms with E-state index < -0.39 is 45.3 Å². The molecule has 0 aliphatic heterocycles. The van der Waals surface area contributed by atoms with E-state index in [4.69, 9.17) is 75.3 Å². The first kappa shape index (κ1) is 27.0. The molecule has 3 aromatic rings. The minimum absolute atomic E-state index is 0.0284. The number of anilines is 3. The molecule has 2 atom stereocenters. The first-order valence-electron chi connectivity index (χ1n) is 9.99. The number of carbonyl (C=O) groups is 2. The van der Waals surface area contributed by atoms with Gasteiger partial charge in [-0.3, -0.25) is 9.59 Å². The van der Waals surface area contributed by atoms with Crippen LogP contribution in [0.1, 0.15) is 21.8 Å². The largest absolute Gasteiger partial charge is 0.394 e. The summed E-state index contributed by atoms with van der Waals surface area (Å²) >= 11 is 37.0. The standard InChI is InChI=1S/C23H13Cl6F2N3O2/c24-12-2-1-9(5-11(12)21(35)34-10-6-15(30)20(32)16(31)7-10)33-22(36)18-17(23(18,28)29)8-3-13(25)19(27)14(26)4-8/h1-7,17-18H,32H2,(H,33,36)(H,34,35)/t17?,18-/m1/s1. The van der Waals surface area contributed by atoms with Gasteiger partial charge in [0.15, 0.2) is 11.6 Å². The molecule has 5 nitrogen and oxygen atoms in total. The van der Waals surface area contributed by atoms with Crippen molar-refractivity contribution in [1.29, 1.82) is 0 Å². The molecule has 0 saturated heterocycles. The zero-order valence-corrected chi connectivity index (χ0v) is 22.1. The number of rotatable bonds is 5. The highest BCUT2D eigenvalue weighted by atomic mass is 35.5. The van der Waals surface area contributed by atoms with Crippen LogP contribution in [0.3, 0.4) is 0 Å². The molecule has 3 aromatic carbocycles. The van der Waals surface area contributed by atoms with E-state index in [9.17, 15) is 18.4 Å². The first-order valence-corrected chi connectivity index (χ1v) is 12.3. The van der Waals surface area contributed by atoms with Gasteiger partial charge >= 0.3 is 0 Å². The number of hydrogen-bond donors (Lipinski definition) is 3. The average Bonchev–Trinajstić information content (AvgIpc) is 3.38. The van der Waals surface area contributed by atoms with Crippen LogP contribution >= 0.6 is 69.6 Å². The van der Waals surface area contributed by atoms with Gasteiger partial charge in [0.05, 0.1) is 31.6 Å². The Morgan fingerprint density at radius 3 is 2.00 bits per heavy atom. The predicted octanol–water partition coefficient (Wildman–Crippen LogP) is 7.94. The van der Waals surface area contributed by atoms with E-state index >= 15 is 0 Å². The lowest BCUT2D eigenvalue weighted by molar-refractivity contribution is -0.117. The summed E-state index contributed by atoms with van der Waals surface area (Å²) in [5.74, 6) is -4.89. The lowest BCUT2D eigenvalue weighted by Gasteiger charge is -2.11. The van der Waals surface area contributed by atoms with Gasteiger partial charge in [0.1, 0.15) is 10.0 Å². The molecule has 188 valence electrons. The summed E-state index contributed by atoms with van der Waals surface area (Å²) in [7, 11) is 0. The summed E-state index contributed by atoms with van der Waals surface area (Å²) in [6, 6.07) is 8.89. The molecule has 1 unspecified atom stereocenters. The zero-order chi connectivity index (χ0) is 26.5. The van der Waals surface area contributed by atoms with Gasteiger partial charge in [0.2, 0.25) is 5.91 Å². The molecule has 36 heavy (non-hydrogen) atoms. The van der Waals surface area contributed by atoms with Gasteiger partial charge < -0.3 is 16.4 Å². The van der Waals surface area contributed by atoms with E-state index in [1.807, 2.05) is 0 Å². The van der Waals surface area contributed by atoms with Gasteiger partial charge in [-0.15, -0.1) is 23.2 Å². The van der Waals surface area contributed by atoms with E-state index in [0.717, 1.165) is 12.1 Å². The number of amides is 2. The monoisotopic (exact) mass is 611 g/mol. The number of alkyl halides is 2. The molecule has 1 aliphatic rings. The second kappa shape index (κ2) is 10.0. The highest BCUT2D eigenvalue weighted by Crippen LogP contribution is 2.65. The van der Waals surface area contributed by atoms with Crippen LogP contribution in [0.5, 0.6) is 0 Å². The van der Waals surface area contributed by atoms with E-state index in [-0.39, 0.29) is 37.0 Å². The summed E-state index contributed by atoms with van der Waals surface area (Å²) in [4.78, 5) is 25.7. The molecule has 1 fully saturated rings. The smallest absolute Gasteiger partial charge is 0.257 e. The molecule has 13 heteroatoms. The topological polar surface area (TPSA) is 84.2 Å². The number of nitrogen functional groups attached to an aromatic ring is 1. The highest BCUT2D eigenvalue weighted by Gasteiger charge is 2.67. The van der Waals surface area contributed by atoms with Gasteiger partial charge in [0.25, 0.3) is 5.91 Å². The minimum Gasteiger partial charge on any atom is -0.394 e. The Kier molecular flexibility index (Phi) is 7.55. The zero-order valence-electron chi connectivity index (χ0n) is 17.6. The fraction of sp³-hybridized carbons (Fsp3) is 0.130. The maximum absolute atomic E-state index is 13.7. The molecule has 0 spiro atoms. The fourth-order valence-electron chi connectivity index (χ4n) is 3.67. The van der Waals surface area contributed by atoms with E-state index in [2.05, 4.69) is 10.6 Å². The maximum atomic E-state index is 13.7. The molecule has 4 N–H and O–H groups in total. The fourth-order valence-corrected chi connectivity index (χ4v) is 5.32. The van der Waals surface area contributed by atoms with Crippen LogP contribution in [0.15, 0.2) is 42.5 Å². The van der Waals surface area contributed by atoms with Crippen molar-refractivity contribution in [2.24, 2.45) is 5.92 Å². The Labute approximate surface area is 233 Å². The third kappa shape index (κ3) is 5.19. The molecule has 4 rings (SSSR count). The lowest BCUT2D eigenvalue weighted by Crippen LogP contribution is -2.18. The van der Waals surface area contributed by atoms with Crippen molar-refractivity contribution in [3.8, 4) is 0 Å². The molecule has 0 heterocycles. The van der Waals surface area contributed by atoms with Gasteiger partial charge in [-0.05, 0) is 48.0 Å². The average molecular weight is 614 g/mol. The third-order valence-electron chi connectivity index (χ3n) is 5.52. The van der Waals surface area contributed by atoms with Gasteiger partial charge in [-0.25, -0.2) is 8.78 Å². The summed E-state index contributed by atoms with van der Waals surface area (Å²) in [5.41, 5.74) is 5.04. The minimum atomic E-state index is -1.44. The Morgan fingerprint density at radius 2 is 1.42 bits per heavy atom. The normalized spacial score (nSPS) is 18.0. The van der Waals surface area contributed by atoms with Crippen molar-refractivity contribution in [3.05, 3.63) is 85.3 Å². The van der Waals surface area contributed by atoms with E-state index in [1.165, 1.54) is 30.3 Å². The van der Waals surface area contributed by atoms with E-state index in [0.29, 0.717) is 5.56 Å². The second-order valence-corrected chi connectivity index (χ2v) is 11.0. The number of halogens is 8. The first-order chi connectivity index (χ1) is 16.8. The van der Waals surface area contributed by atoms with Crippen molar-refractivity contribution in [3.63, 3.8) is 0 Å². The maximum Gasteiger partial charge on any atom is 0.257 e. The van der Waals surface area contributed by atoms with Crippen molar-refractivity contribution >= 4 is 98.5 Å². The third-order valence-corrected chi connectivity index (χ3v) is 7.98. The predicted molar refractivity (Wildman–Crippen MR) is 141 cm³/mol. The number of benzene rings is 3. The lowest BCUT2D eigenvalue weighted by atomic mass is 10.1. The van der Waals surface area contributed by atoms with E-state index in [1.54, 1.807) is 0 Å². The van der Waals surface area contributed by atoms with Gasteiger partial charge in [-0.1, -0.05) is 46.4 Å². The Bertz CT molecular complexity index is 1370. The number of hydrogen-bond acceptors (Lipinski definition) is 3. The Morgan fingerprint density at radius 1 is 0.833 bits per heavy atom. The van der Waals surface area contributed by atoms with Crippen LogP contribution in [-0.4, -0.2) is 16.1 Å². The molecular weight excluding hydrogens is 601 g/mol. The van der Waals surface area contributed by atoms with Gasteiger partial charge in [0, 0.05) is 17.3 Å². The van der Waals surface area contributed by atoms with Gasteiger partial charge in [-0.2, -0.15) is 0 Å². The summed E-state index contributed by atoms with van der Waals surface area (Å²) in [6.45, 7) is 0. The van der Waals surface area contributed by atoms with Crippen molar-refractivity contribution < 1.29 is 18.4 Å². The molecule has 2 amide bonds. The van der Waals surface area contributed by atoms with Crippen molar-refractivity contribution in [1.82, 2.24) is 0 Å². The summed E-state index contributed by atoms with van der Waals surface area (Å²) in [5, 5.41) is 5.53. The highest BCUT2D eigenvalue weighted by molar-refractivity contribution is 6.54. The molecular formula is C23H13Cl6F2N3O2. The molecule has 0 aromatic heterocycles. The Balaban J connectivity index is 1.52. The number of nitrogens with two attached hydrogens (primary N) is 1. The van der Waals surface area contributed by atoms with Crippen LogP contribution < -0.4 is 16.4 Å². The van der Waals surface area contributed by atoms with Crippen LogP contribution in [0.2, 0.25) is 20.1 Å². The van der Waals surface area contributed by atoms with Crippen molar-refractivity contribution in [2.75, 3.05) is 16.4 Å². The second-order valence-electron chi connectivity index (χ2n) is 7.92. The Hall–Kier alpha value is -2.00. The quantitative estimate of drug-likeness (QED) is 0.155.